The molecule has 1 N–H and O–H groups in total. The third-order valence-electron chi connectivity index (χ3n) is 6.12. The minimum absolute atomic E-state index is 0.112. The first-order valence-electron chi connectivity index (χ1n) is 11.3. The Hall–Kier alpha value is -2.65. The minimum Gasteiger partial charge on any atom is -0.466 e. The third-order valence-corrected chi connectivity index (χ3v) is 7.01. The van der Waals surface area contributed by atoms with Gasteiger partial charge in [0.25, 0.3) is 0 Å². The molecule has 0 unspecified atom stereocenters. The molecule has 0 saturated carbocycles. The van der Waals surface area contributed by atoms with Gasteiger partial charge < -0.3 is 19.9 Å². The van der Waals surface area contributed by atoms with Gasteiger partial charge in [0.05, 0.1) is 30.8 Å². The second-order valence-electron chi connectivity index (χ2n) is 8.20. The van der Waals surface area contributed by atoms with Crippen molar-refractivity contribution in [2.45, 2.75) is 38.6 Å². The number of thioether (sulfide) groups is 1. The molecule has 0 aromatic heterocycles. The highest BCUT2D eigenvalue weighted by molar-refractivity contribution is 8.16. The fourth-order valence-electron chi connectivity index (χ4n) is 4.49. The van der Waals surface area contributed by atoms with Crippen molar-refractivity contribution in [3.63, 3.8) is 0 Å². The summed E-state index contributed by atoms with van der Waals surface area (Å²) in [5.41, 5.74) is 1.90. The number of nitrogens with one attached hydrogen (secondary N) is 1. The van der Waals surface area contributed by atoms with Gasteiger partial charge in [0.15, 0.2) is 5.17 Å². The molecule has 0 spiro atoms. The van der Waals surface area contributed by atoms with Crippen LogP contribution in [0.1, 0.15) is 44.2 Å². The van der Waals surface area contributed by atoms with E-state index in [0.717, 1.165) is 19.6 Å². The van der Waals surface area contributed by atoms with Crippen LogP contribution < -0.4 is 5.32 Å². The highest BCUT2D eigenvalue weighted by Gasteiger charge is 2.42. The monoisotopic (exact) mass is 472 g/mol. The van der Waals surface area contributed by atoms with Crippen molar-refractivity contribution in [1.29, 1.82) is 0 Å². The van der Waals surface area contributed by atoms with Gasteiger partial charge in [0, 0.05) is 24.4 Å². The molecule has 0 bridgehead atoms. The molecule has 1 atom stereocenters. The van der Waals surface area contributed by atoms with Crippen molar-refractivity contribution in [2.75, 3.05) is 33.3 Å². The molecular formula is C24H29FN4O3S. The Bertz CT molecular complexity index is 1020. The molecule has 0 aliphatic carbocycles. The number of carbonyl (C=O) groups is 2. The number of nitrogens with zero attached hydrogens (tertiary/aromatic N) is 3. The molecule has 7 nitrogen and oxygen atoms in total. The Morgan fingerprint density at radius 2 is 2.03 bits per heavy atom. The summed E-state index contributed by atoms with van der Waals surface area (Å²) < 4.78 is 20.0. The lowest BCUT2D eigenvalue weighted by atomic mass is 9.92. The molecule has 176 valence electrons. The van der Waals surface area contributed by atoms with Crippen LogP contribution in [0.5, 0.6) is 0 Å². The number of benzene rings is 1. The van der Waals surface area contributed by atoms with E-state index in [9.17, 15) is 14.0 Å². The summed E-state index contributed by atoms with van der Waals surface area (Å²) in [6.07, 6.45) is 3.04. The van der Waals surface area contributed by atoms with Crippen LogP contribution in [0.4, 0.5) is 4.39 Å². The first kappa shape index (κ1) is 23.5. The van der Waals surface area contributed by atoms with Gasteiger partial charge in [-0.25, -0.2) is 14.2 Å². The maximum Gasteiger partial charge on any atom is 0.338 e. The zero-order valence-electron chi connectivity index (χ0n) is 19.0. The number of hydrogen-bond acceptors (Lipinski definition) is 7. The second kappa shape index (κ2) is 10.5. The number of ether oxygens (including phenoxy) is 1. The van der Waals surface area contributed by atoms with Crippen molar-refractivity contribution < 1.29 is 18.7 Å². The summed E-state index contributed by atoms with van der Waals surface area (Å²) in [6, 6.07) is 5.64. The van der Waals surface area contributed by atoms with E-state index in [4.69, 9.17) is 4.74 Å². The van der Waals surface area contributed by atoms with E-state index in [2.05, 4.69) is 15.2 Å². The van der Waals surface area contributed by atoms with E-state index in [-0.39, 0.29) is 12.3 Å². The summed E-state index contributed by atoms with van der Waals surface area (Å²) in [5.74, 6) is -1.08. The lowest BCUT2D eigenvalue weighted by Crippen LogP contribution is -2.39. The van der Waals surface area contributed by atoms with Gasteiger partial charge in [0.2, 0.25) is 5.91 Å². The van der Waals surface area contributed by atoms with Gasteiger partial charge in [-0.1, -0.05) is 36.9 Å². The van der Waals surface area contributed by atoms with E-state index in [1.165, 1.54) is 37.8 Å². The molecule has 1 saturated heterocycles. The fraction of sp³-hybridized carbons (Fsp3) is 0.458. The molecule has 9 heteroatoms. The maximum absolute atomic E-state index is 15.0. The van der Waals surface area contributed by atoms with E-state index in [0.29, 0.717) is 40.7 Å². The van der Waals surface area contributed by atoms with E-state index < -0.39 is 17.8 Å². The van der Waals surface area contributed by atoms with Crippen LogP contribution >= 0.6 is 11.8 Å². The summed E-state index contributed by atoms with van der Waals surface area (Å²) in [6.45, 7) is 5.49. The zero-order chi connectivity index (χ0) is 23.4. The average Bonchev–Trinajstić information content (AvgIpc) is 3.48. The lowest BCUT2D eigenvalue weighted by molar-refractivity contribution is -0.136. The number of fused-ring (bicyclic) bond motifs is 1. The quantitative estimate of drug-likeness (QED) is 0.583. The van der Waals surface area contributed by atoms with Gasteiger partial charge in [-0.3, -0.25) is 4.79 Å². The Kier molecular flexibility index (Phi) is 7.49. The van der Waals surface area contributed by atoms with Gasteiger partial charge in [-0.05, 0) is 43.8 Å². The van der Waals surface area contributed by atoms with Gasteiger partial charge in [0.1, 0.15) is 5.82 Å². The molecule has 33 heavy (non-hydrogen) atoms. The normalized spacial score (nSPS) is 20.5. The molecule has 1 amide bonds. The first-order chi connectivity index (χ1) is 16.0. The number of methoxy groups -OCH3 is 1. The number of hydrogen-bond donors (Lipinski definition) is 1. The SMILES string of the molecule is CCC1=C(C(=O)OC)[C@H](c2ccccc2F)N2C(CC(=O)NCCN3CCCC3)=CSC2=N1. The van der Waals surface area contributed by atoms with E-state index >= 15 is 0 Å². The Morgan fingerprint density at radius 3 is 2.73 bits per heavy atom. The van der Waals surface area contributed by atoms with Crippen molar-refractivity contribution >= 4 is 28.8 Å². The number of amides is 1. The third kappa shape index (κ3) is 4.99. The van der Waals surface area contributed by atoms with Crippen LogP contribution in [0.15, 0.2) is 51.6 Å². The van der Waals surface area contributed by atoms with Gasteiger partial charge in [-0.15, -0.1) is 0 Å². The molecule has 3 aliphatic heterocycles. The molecule has 4 rings (SSSR count). The predicted molar refractivity (Wildman–Crippen MR) is 127 cm³/mol. The Labute approximate surface area is 197 Å². The number of carbonyl (C=O) groups excluding carboxylic acids is 2. The van der Waals surface area contributed by atoms with Crippen molar-refractivity contribution in [2.24, 2.45) is 4.99 Å². The van der Waals surface area contributed by atoms with Crippen molar-refractivity contribution in [1.82, 2.24) is 15.1 Å². The largest absolute Gasteiger partial charge is 0.466 e. The number of amidine groups is 1. The summed E-state index contributed by atoms with van der Waals surface area (Å²) in [7, 11) is 1.31. The van der Waals surface area contributed by atoms with Crippen LogP contribution in [0.3, 0.4) is 0 Å². The van der Waals surface area contributed by atoms with Crippen molar-refractivity contribution in [3.8, 4) is 0 Å². The predicted octanol–water partition coefficient (Wildman–Crippen LogP) is 3.57. The van der Waals surface area contributed by atoms with Gasteiger partial charge >= 0.3 is 5.97 Å². The second-order valence-corrected chi connectivity index (χ2v) is 9.03. The van der Waals surface area contributed by atoms with Gasteiger partial charge in [-0.2, -0.15) is 0 Å². The van der Waals surface area contributed by atoms with Crippen LogP contribution in [-0.2, 0) is 14.3 Å². The first-order valence-corrected chi connectivity index (χ1v) is 12.2. The maximum atomic E-state index is 15.0. The average molecular weight is 473 g/mol. The van der Waals surface area contributed by atoms with Crippen LogP contribution in [-0.4, -0.2) is 60.1 Å². The highest BCUT2D eigenvalue weighted by Crippen LogP contribution is 2.45. The number of aliphatic imine (C=N–C) groups is 1. The molecular weight excluding hydrogens is 443 g/mol. The number of likely N-dealkylation sites (tertiary alicyclic amines) is 1. The van der Waals surface area contributed by atoms with Crippen LogP contribution in [0.25, 0.3) is 0 Å². The number of rotatable bonds is 8. The lowest BCUT2D eigenvalue weighted by Gasteiger charge is -2.36. The van der Waals surface area contributed by atoms with Crippen LogP contribution in [0, 0.1) is 5.82 Å². The van der Waals surface area contributed by atoms with Crippen LogP contribution in [0.2, 0.25) is 0 Å². The molecule has 1 fully saturated rings. The smallest absolute Gasteiger partial charge is 0.338 e. The Morgan fingerprint density at radius 1 is 1.27 bits per heavy atom. The number of allylic oxidation sites excluding steroid dienone is 1. The topological polar surface area (TPSA) is 74.2 Å². The molecule has 1 aromatic rings. The molecule has 3 aliphatic rings. The summed E-state index contributed by atoms with van der Waals surface area (Å²) in [5, 5.41) is 5.48. The molecule has 0 radical (unpaired) electrons. The number of esters is 1. The fourth-order valence-corrected chi connectivity index (χ4v) is 5.43. The van der Waals surface area contributed by atoms with E-state index in [1.54, 1.807) is 23.1 Å². The zero-order valence-corrected chi connectivity index (χ0v) is 19.8. The molecule has 1 aromatic carbocycles. The molecule has 3 heterocycles. The summed E-state index contributed by atoms with van der Waals surface area (Å²) in [4.78, 5) is 34.3. The highest BCUT2D eigenvalue weighted by atomic mass is 32.2. The van der Waals surface area contributed by atoms with E-state index in [1.807, 2.05) is 12.3 Å². The minimum atomic E-state index is -0.750. The van der Waals surface area contributed by atoms with Crippen molar-refractivity contribution in [3.05, 3.63) is 58.0 Å². The number of halogens is 1. The Balaban J connectivity index is 1.58. The summed E-state index contributed by atoms with van der Waals surface area (Å²) >= 11 is 1.38. The standard InChI is InChI=1S/C24H29FN4O3S/c1-3-19-21(23(31)32-2)22(17-8-4-5-9-18(17)25)29-16(15-33-24(29)27-19)14-20(30)26-10-13-28-11-6-7-12-28/h4-5,8-9,15,22H,3,6-7,10-14H2,1-2H3,(H,26,30)/t22-/m0/s1.